The first-order valence-electron chi connectivity index (χ1n) is 7.54. The lowest BCUT2D eigenvalue weighted by atomic mass is 10.2. The molecule has 0 radical (unpaired) electrons. The van der Waals surface area contributed by atoms with Crippen LogP contribution in [0.2, 0.25) is 0 Å². The van der Waals surface area contributed by atoms with Gasteiger partial charge in [-0.15, -0.1) is 21.5 Å². The van der Waals surface area contributed by atoms with E-state index < -0.39 is 0 Å². The Bertz CT molecular complexity index is 725. The molecular weight excluding hydrogens is 326 g/mol. The fourth-order valence-corrected chi connectivity index (χ4v) is 3.65. The van der Waals surface area contributed by atoms with Crippen LogP contribution in [0, 0.1) is 6.92 Å². The first-order valence-corrected chi connectivity index (χ1v) is 9.40. The van der Waals surface area contributed by atoms with Crippen molar-refractivity contribution in [2.75, 3.05) is 12.4 Å². The van der Waals surface area contributed by atoms with Gasteiger partial charge in [0.2, 0.25) is 0 Å². The molecule has 0 N–H and O–H groups in total. The van der Waals surface area contributed by atoms with Gasteiger partial charge in [0.15, 0.2) is 5.16 Å². The van der Waals surface area contributed by atoms with Crippen molar-refractivity contribution in [1.82, 2.24) is 14.8 Å². The van der Waals surface area contributed by atoms with Crippen LogP contribution >= 0.6 is 23.1 Å². The first-order chi connectivity index (χ1) is 11.3. The van der Waals surface area contributed by atoms with Crippen molar-refractivity contribution in [1.29, 1.82) is 0 Å². The minimum atomic E-state index is 0.659. The number of benzene rings is 1. The van der Waals surface area contributed by atoms with Gasteiger partial charge in [0.25, 0.3) is 0 Å². The molecule has 0 fully saturated rings. The summed E-state index contributed by atoms with van der Waals surface area (Å²) in [6.45, 7) is 3.64. The molecule has 0 aliphatic rings. The maximum atomic E-state index is 5.77. The Kier molecular flexibility index (Phi) is 5.71. The summed E-state index contributed by atoms with van der Waals surface area (Å²) in [5.74, 6) is 1.77. The van der Waals surface area contributed by atoms with E-state index in [0.717, 1.165) is 29.6 Å². The van der Waals surface area contributed by atoms with Crippen molar-refractivity contribution in [3.63, 3.8) is 0 Å². The summed E-state index contributed by atoms with van der Waals surface area (Å²) in [6.07, 6.45) is 2.82. The molecule has 0 spiro atoms. The number of rotatable bonds is 8. The molecule has 3 aromatic rings. The van der Waals surface area contributed by atoms with Crippen LogP contribution in [-0.2, 0) is 13.0 Å². The molecule has 120 valence electrons. The molecule has 0 bridgehead atoms. The molecule has 2 aromatic heterocycles. The van der Waals surface area contributed by atoms with Gasteiger partial charge >= 0.3 is 0 Å². The molecule has 4 nitrogen and oxygen atoms in total. The Morgan fingerprint density at radius 3 is 3.04 bits per heavy atom. The second-order valence-electron chi connectivity index (χ2n) is 5.15. The van der Waals surface area contributed by atoms with Crippen molar-refractivity contribution in [2.24, 2.45) is 0 Å². The SMILES string of the molecule is Cc1cccc(OCCSc2nncn2CCc2cccs2)c1. The summed E-state index contributed by atoms with van der Waals surface area (Å²) < 4.78 is 7.88. The van der Waals surface area contributed by atoms with Crippen LogP contribution in [0.5, 0.6) is 5.75 Å². The van der Waals surface area contributed by atoms with E-state index in [2.05, 4.69) is 45.3 Å². The highest BCUT2D eigenvalue weighted by atomic mass is 32.2. The highest BCUT2D eigenvalue weighted by molar-refractivity contribution is 7.99. The zero-order chi connectivity index (χ0) is 15.9. The summed E-state index contributed by atoms with van der Waals surface area (Å²) in [5.41, 5.74) is 1.21. The average Bonchev–Trinajstić information content (AvgIpc) is 3.21. The Balaban J connectivity index is 1.44. The third-order valence-corrected chi connectivity index (χ3v) is 5.21. The molecule has 0 atom stereocenters. The standard InChI is InChI=1S/C17H19N3OS2/c1-14-4-2-5-15(12-14)21-9-11-23-17-19-18-13-20(17)8-7-16-6-3-10-22-16/h2-6,10,12-13H,7-9,11H2,1H3. The maximum absolute atomic E-state index is 5.77. The van der Waals surface area contributed by atoms with Gasteiger partial charge in [-0.05, 0) is 42.5 Å². The highest BCUT2D eigenvalue weighted by Gasteiger charge is 2.06. The van der Waals surface area contributed by atoms with Gasteiger partial charge in [-0.3, -0.25) is 0 Å². The lowest BCUT2D eigenvalue weighted by Gasteiger charge is -2.07. The third-order valence-electron chi connectivity index (χ3n) is 3.33. The Morgan fingerprint density at radius 1 is 1.26 bits per heavy atom. The van der Waals surface area contributed by atoms with E-state index in [0.29, 0.717) is 6.61 Å². The lowest BCUT2D eigenvalue weighted by Crippen LogP contribution is -2.04. The van der Waals surface area contributed by atoms with Crippen molar-refractivity contribution in [2.45, 2.75) is 25.0 Å². The molecule has 0 saturated heterocycles. The van der Waals surface area contributed by atoms with Crippen LogP contribution in [0.15, 0.2) is 53.3 Å². The molecule has 0 aliphatic heterocycles. The number of hydrogen-bond donors (Lipinski definition) is 0. The lowest BCUT2D eigenvalue weighted by molar-refractivity contribution is 0.343. The van der Waals surface area contributed by atoms with Crippen molar-refractivity contribution >= 4 is 23.1 Å². The van der Waals surface area contributed by atoms with Crippen molar-refractivity contribution in [3.8, 4) is 5.75 Å². The van der Waals surface area contributed by atoms with Crippen LogP contribution in [-0.4, -0.2) is 27.1 Å². The summed E-state index contributed by atoms with van der Waals surface area (Å²) in [7, 11) is 0. The van der Waals surface area contributed by atoms with Crippen molar-refractivity contribution in [3.05, 3.63) is 58.5 Å². The highest BCUT2D eigenvalue weighted by Crippen LogP contribution is 2.18. The van der Waals surface area contributed by atoms with Gasteiger partial charge in [0.05, 0.1) is 6.61 Å². The Labute approximate surface area is 144 Å². The number of nitrogens with zero attached hydrogens (tertiary/aromatic N) is 3. The number of aryl methyl sites for hydroxylation is 3. The second-order valence-corrected chi connectivity index (χ2v) is 7.24. The molecule has 3 rings (SSSR count). The fraction of sp³-hybridized carbons (Fsp3) is 0.294. The molecule has 2 heterocycles. The summed E-state index contributed by atoms with van der Waals surface area (Å²) >= 11 is 3.47. The minimum Gasteiger partial charge on any atom is -0.493 e. The molecule has 0 saturated carbocycles. The van der Waals surface area contributed by atoms with E-state index in [1.54, 1.807) is 29.4 Å². The second kappa shape index (κ2) is 8.17. The predicted octanol–water partition coefficient (Wildman–Crippen LogP) is 4.06. The van der Waals surface area contributed by atoms with E-state index in [4.69, 9.17) is 4.74 Å². The van der Waals surface area contributed by atoms with Gasteiger partial charge < -0.3 is 9.30 Å². The predicted molar refractivity (Wildman–Crippen MR) is 95.4 cm³/mol. The maximum Gasteiger partial charge on any atom is 0.191 e. The largest absolute Gasteiger partial charge is 0.493 e. The topological polar surface area (TPSA) is 39.9 Å². The molecule has 0 aliphatic carbocycles. The molecular formula is C17H19N3OS2. The monoisotopic (exact) mass is 345 g/mol. The molecule has 23 heavy (non-hydrogen) atoms. The van der Waals surface area contributed by atoms with Gasteiger partial charge in [-0.1, -0.05) is 30.0 Å². The van der Waals surface area contributed by atoms with Gasteiger partial charge in [-0.25, -0.2) is 0 Å². The van der Waals surface area contributed by atoms with E-state index >= 15 is 0 Å². The summed E-state index contributed by atoms with van der Waals surface area (Å²) in [4.78, 5) is 1.39. The zero-order valence-corrected chi connectivity index (χ0v) is 14.6. The minimum absolute atomic E-state index is 0.659. The number of aromatic nitrogens is 3. The quantitative estimate of drug-likeness (QED) is 0.456. The van der Waals surface area contributed by atoms with Crippen molar-refractivity contribution < 1.29 is 4.74 Å². The van der Waals surface area contributed by atoms with E-state index in [-0.39, 0.29) is 0 Å². The van der Waals surface area contributed by atoms with Crippen LogP contribution in [0.1, 0.15) is 10.4 Å². The first kappa shape index (κ1) is 16.1. The summed E-state index contributed by atoms with van der Waals surface area (Å²) in [5, 5.41) is 11.3. The van der Waals surface area contributed by atoms with E-state index in [1.165, 1.54) is 10.4 Å². The van der Waals surface area contributed by atoms with Crippen LogP contribution in [0.3, 0.4) is 0 Å². The Morgan fingerprint density at radius 2 is 2.22 bits per heavy atom. The number of thiophene rings is 1. The molecule has 0 amide bonds. The van der Waals surface area contributed by atoms with E-state index in [1.807, 2.05) is 18.2 Å². The van der Waals surface area contributed by atoms with Gasteiger partial charge in [-0.2, -0.15) is 0 Å². The van der Waals surface area contributed by atoms with Gasteiger partial charge in [0, 0.05) is 17.2 Å². The normalized spacial score (nSPS) is 10.8. The van der Waals surface area contributed by atoms with E-state index in [9.17, 15) is 0 Å². The fourth-order valence-electron chi connectivity index (χ4n) is 2.19. The zero-order valence-electron chi connectivity index (χ0n) is 13.0. The molecule has 6 heteroatoms. The third kappa shape index (κ3) is 4.84. The summed E-state index contributed by atoms with van der Waals surface area (Å²) in [6, 6.07) is 12.4. The number of ether oxygens (including phenoxy) is 1. The average molecular weight is 345 g/mol. The Hall–Kier alpha value is -1.79. The van der Waals surface area contributed by atoms with Crippen LogP contribution < -0.4 is 4.74 Å². The molecule has 1 aromatic carbocycles. The smallest absolute Gasteiger partial charge is 0.191 e. The number of thioether (sulfide) groups is 1. The van der Waals surface area contributed by atoms with Gasteiger partial charge in [0.1, 0.15) is 12.1 Å². The van der Waals surface area contributed by atoms with Crippen LogP contribution in [0.25, 0.3) is 0 Å². The van der Waals surface area contributed by atoms with Crippen LogP contribution in [0.4, 0.5) is 0 Å². The number of hydrogen-bond acceptors (Lipinski definition) is 5. The molecule has 0 unspecified atom stereocenters.